The van der Waals surface area contributed by atoms with E-state index < -0.39 is 0 Å². The van der Waals surface area contributed by atoms with Crippen LogP contribution >= 0.6 is 0 Å². The molecule has 0 aromatic rings. The van der Waals surface area contributed by atoms with Gasteiger partial charge < -0.3 is 15.5 Å². The molecular weight excluding hydrogens is 246 g/mol. The Hall–Kier alpha value is -1.65. The number of nitriles is 1. The Bertz CT molecular complexity index is 347. The quantitative estimate of drug-likeness (QED) is 0.565. The minimum absolute atomic E-state index is 0.0498. The van der Waals surface area contributed by atoms with E-state index in [1.54, 1.807) is 16.8 Å². The zero-order valence-electron chi connectivity index (χ0n) is 11.3. The maximum Gasteiger partial charge on any atom is 0.236 e. The normalized spacial score (nSPS) is 15.1. The molecule has 19 heavy (non-hydrogen) atoms. The van der Waals surface area contributed by atoms with Gasteiger partial charge >= 0.3 is 0 Å². The number of nitrogens with zero attached hydrogens (tertiary/aromatic N) is 3. The zero-order chi connectivity index (χ0) is 14.1. The van der Waals surface area contributed by atoms with Gasteiger partial charge in [0.1, 0.15) is 0 Å². The van der Waals surface area contributed by atoms with Crippen LogP contribution in [0.25, 0.3) is 0 Å². The molecule has 0 atom stereocenters. The van der Waals surface area contributed by atoms with Crippen LogP contribution in [0.15, 0.2) is 0 Å². The number of piperazine rings is 1. The summed E-state index contributed by atoms with van der Waals surface area (Å²) < 4.78 is 0. The van der Waals surface area contributed by atoms with Crippen molar-refractivity contribution in [3.8, 4) is 6.07 Å². The average molecular weight is 267 g/mol. The van der Waals surface area contributed by atoms with Gasteiger partial charge in [0.25, 0.3) is 0 Å². The van der Waals surface area contributed by atoms with Gasteiger partial charge in [-0.15, -0.1) is 0 Å². The molecule has 106 valence electrons. The Kier molecular flexibility index (Phi) is 6.85. The van der Waals surface area contributed by atoms with Crippen molar-refractivity contribution in [1.29, 1.82) is 5.26 Å². The SMILES string of the molecule is CN(CC(=O)NCCC#N)CC(=O)N1CCNCC1. The van der Waals surface area contributed by atoms with Crippen molar-refractivity contribution in [1.82, 2.24) is 20.4 Å². The van der Waals surface area contributed by atoms with Crippen molar-refractivity contribution in [2.75, 3.05) is 52.9 Å². The minimum atomic E-state index is -0.161. The van der Waals surface area contributed by atoms with Crippen molar-refractivity contribution in [2.24, 2.45) is 0 Å². The molecule has 2 amide bonds. The standard InChI is InChI=1S/C12H21N5O2/c1-16(9-11(18)15-4-2-3-13)10-12(19)17-7-5-14-6-8-17/h14H,2,4-10H2,1H3,(H,15,18). The number of rotatable bonds is 6. The molecule has 1 aliphatic heterocycles. The highest BCUT2D eigenvalue weighted by Gasteiger charge is 2.18. The topological polar surface area (TPSA) is 88.5 Å². The lowest BCUT2D eigenvalue weighted by Crippen LogP contribution is -2.50. The lowest BCUT2D eigenvalue weighted by atomic mass is 10.3. The first-order valence-corrected chi connectivity index (χ1v) is 6.44. The maximum absolute atomic E-state index is 11.9. The number of carbonyl (C=O) groups excluding carboxylic acids is 2. The molecule has 1 heterocycles. The van der Waals surface area contributed by atoms with E-state index >= 15 is 0 Å². The van der Waals surface area contributed by atoms with Gasteiger partial charge in [-0.25, -0.2) is 0 Å². The number of likely N-dealkylation sites (N-methyl/N-ethyl adjacent to an activating group) is 1. The highest BCUT2D eigenvalue weighted by molar-refractivity contribution is 5.81. The second-order valence-electron chi connectivity index (χ2n) is 4.56. The summed E-state index contributed by atoms with van der Waals surface area (Å²) in [5.74, 6) is -0.111. The summed E-state index contributed by atoms with van der Waals surface area (Å²) in [5.41, 5.74) is 0. The molecule has 0 aliphatic carbocycles. The van der Waals surface area contributed by atoms with Crippen LogP contribution < -0.4 is 10.6 Å². The fourth-order valence-electron chi connectivity index (χ4n) is 1.86. The molecule has 7 heteroatoms. The highest BCUT2D eigenvalue weighted by Crippen LogP contribution is 1.95. The zero-order valence-corrected chi connectivity index (χ0v) is 11.3. The lowest BCUT2D eigenvalue weighted by Gasteiger charge is -2.29. The monoisotopic (exact) mass is 267 g/mol. The summed E-state index contributed by atoms with van der Waals surface area (Å²) in [5, 5.41) is 14.2. The van der Waals surface area contributed by atoms with E-state index in [0.717, 1.165) is 26.2 Å². The van der Waals surface area contributed by atoms with Gasteiger partial charge in [-0.05, 0) is 7.05 Å². The highest BCUT2D eigenvalue weighted by atomic mass is 16.2. The van der Waals surface area contributed by atoms with E-state index in [4.69, 9.17) is 5.26 Å². The average Bonchev–Trinajstić information content (AvgIpc) is 2.39. The molecule has 1 saturated heterocycles. The second kappa shape index (κ2) is 8.45. The van der Waals surface area contributed by atoms with Crippen molar-refractivity contribution in [3.63, 3.8) is 0 Å². The molecule has 0 saturated carbocycles. The van der Waals surface area contributed by atoms with Crippen LogP contribution in [0.5, 0.6) is 0 Å². The molecule has 0 radical (unpaired) electrons. The van der Waals surface area contributed by atoms with E-state index in [2.05, 4.69) is 10.6 Å². The van der Waals surface area contributed by atoms with E-state index in [1.807, 2.05) is 6.07 Å². The van der Waals surface area contributed by atoms with Gasteiger partial charge in [-0.3, -0.25) is 14.5 Å². The summed E-state index contributed by atoms with van der Waals surface area (Å²) in [7, 11) is 1.74. The largest absolute Gasteiger partial charge is 0.354 e. The van der Waals surface area contributed by atoms with Crippen LogP contribution in [-0.4, -0.2) is 74.5 Å². The molecule has 1 fully saturated rings. The van der Waals surface area contributed by atoms with Gasteiger partial charge in [0.2, 0.25) is 11.8 Å². The smallest absolute Gasteiger partial charge is 0.236 e. The van der Waals surface area contributed by atoms with Crippen LogP contribution in [0, 0.1) is 11.3 Å². The Balaban J connectivity index is 2.22. The van der Waals surface area contributed by atoms with E-state index in [-0.39, 0.29) is 24.9 Å². The predicted octanol–water partition coefficient (Wildman–Crippen LogP) is -1.62. The van der Waals surface area contributed by atoms with Crippen LogP contribution in [-0.2, 0) is 9.59 Å². The number of carbonyl (C=O) groups is 2. The van der Waals surface area contributed by atoms with E-state index in [9.17, 15) is 9.59 Å². The Morgan fingerprint density at radius 3 is 2.68 bits per heavy atom. The fraction of sp³-hybridized carbons (Fsp3) is 0.750. The molecule has 1 rings (SSSR count). The van der Waals surface area contributed by atoms with Gasteiger partial charge in [0.05, 0.1) is 25.6 Å². The first-order valence-electron chi connectivity index (χ1n) is 6.44. The molecule has 1 aliphatic rings. The number of nitrogens with one attached hydrogen (secondary N) is 2. The molecule has 7 nitrogen and oxygen atoms in total. The van der Waals surface area contributed by atoms with Gasteiger partial charge in [0, 0.05) is 32.7 Å². The number of hydrogen-bond acceptors (Lipinski definition) is 5. The molecule has 0 bridgehead atoms. The third kappa shape index (κ3) is 6.18. The van der Waals surface area contributed by atoms with E-state index in [0.29, 0.717) is 13.0 Å². The lowest BCUT2D eigenvalue weighted by molar-refractivity contribution is -0.133. The molecular formula is C12H21N5O2. The fourth-order valence-corrected chi connectivity index (χ4v) is 1.86. The van der Waals surface area contributed by atoms with Crippen LogP contribution in [0.3, 0.4) is 0 Å². The number of hydrogen-bond donors (Lipinski definition) is 2. The summed E-state index contributed by atoms with van der Waals surface area (Å²) in [6.45, 7) is 3.86. The molecule has 2 N–H and O–H groups in total. The van der Waals surface area contributed by atoms with E-state index in [1.165, 1.54) is 0 Å². The molecule has 0 spiro atoms. The summed E-state index contributed by atoms with van der Waals surface area (Å²) in [6.07, 6.45) is 0.301. The Labute approximate surface area is 113 Å². The van der Waals surface area contributed by atoms with Gasteiger partial charge in [0.15, 0.2) is 0 Å². The first kappa shape index (κ1) is 15.4. The van der Waals surface area contributed by atoms with Crippen molar-refractivity contribution >= 4 is 11.8 Å². The van der Waals surface area contributed by atoms with Crippen LogP contribution in [0.2, 0.25) is 0 Å². The molecule has 0 unspecified atom stereocenters. The molecule has 0 aromatic carbocycles. The summed E-state index contributed by atoms with van der Waals surface area (Å²) in [6, 6.07) is 1.96. The third-order valence-electron chi connectivity index (χ3n) is 2.85. The molecule has 0 aromatic heterocycles. The van der Waals surface area contributed by atoms with Crippen molar-refractivity contribution in [3.05, 3.63) is 0 Å². The minimum Gasteiger partial charge on any atom is -0.354 e. The Morgan fingerprint density at radius 1 is 1.37 bits per heavy atom. The Morgan fingerprint density at radius 2 is 2.05 bits per heavy atom. The summed E-state index contributed by atoms with van der Waals surface area (Å²) >= 11 is 0. The van der Waals surface area contributed by atoms with Gasteiger partial charge in [-0.1, -0.05) is 0 Å². The van der Waals surface area contributed by atoms with Crippen molar-refractivity contribution < 1.29 is 9.59 Å². The van der Waals surface area contributed by atoms with Crippen LogP contribution in [0.4, 0.5) is 0 Å². The first-order chi connectivity index (χ1) is 9.13. The van der Waals surface area contributed by atoms with Crippen LogP contribution in [0.1, 0.15) is 6.42 Å². The maximum atomic E-state index is 11.9. The second-order valence-corrected chi connectivity index (χ2v) is 4.56. The summed E-state index contributed by atoms with van der Waals surface area (Å²) in [4.78, 5) is 26.9. The number of amides is 2. The van der Waals surface area contributed by atoms with Gasteiger partial charge in [-0.2, -0.15) is 5.26 Å². The predicted molar refractivity (Wildman–Crippen MR) is 70.2 cm³/mol. The van der Waals surface area contributed by atoms with Crippen molar-refractivity contribution in [2.45, 2.75) is 6.42 Å². The third-order valence-corrected chi connectivity index (χ3v) is 2.85.